The first kappa shape index (κ1) is 21.6. The Labute approximate surface area is 177 Å². The van der Waals surface area contributed by atoms with Crippen molar-refractivity contribution < 1.29 is 24.4 Å². The van der Waals surface area contributed by atoms with E-state index in [4.69, 9.17) is 9.47 Å². The van der Waals surface area contributed by atoms with Gasteiger partial charge in [0.1, 0.15) is 12.6 Å². The van der Waals surface area contributed by atoms with Gasteiger partial charge in [-0.25, -0.2) is 0 Å². The zero-order chi connectivity index (χ0) is 21.7. The van der Waals surface area contributed by atoms with Crippen molar-refractivity contribution in [2.75, 3.05) is 30.0 Å². The van der Waals surface area contributed by atoms with Crippen LogP contribution in [-0.4, -0.2) is 37.6 Å². The van der Waals surface area contributed by atoms with Crippen LogP contribution in [0.2, 0.25) is 0 Å². The third kappa shape index (κ3) is 4.74. The zero-order valence-electron chi connectivity index (χ0n) is 18.0. The van der Waals surface area contributed by atoms with Crippen molar-refractivity contribution in [3.63, 3.8) is 0 Å². The van der Waals surface area contributed by atoms with E-state index in [9.17, 15) is 9.59 Å². The summed E-state index contributed by atoms with van der Waals surface area (Å²) in [7, 11) is 0. The largest absolute Gasteiger partial charge is 0.490 e. The Kier molecular flexibility index (Phi) is 6.95. The Bertz CT molecular complexity index is 915. The zero-order valence-corrected chi connectivity index (χ0v) is 18.0. The Morgan fingerprint density at radius 3 is 2.53 bits per heavy atom. The fourth-order valence-corrected chi connectivity index (χ4v) is 3.65. The lowest BCUT2D eigenvalue weighted by Gasteiger charge is -2.30. The number of anilines is 2. The summed E-state index contributed by atoms with van der Waals surface area (Å²) in [6.07, 6.45) is 0. The second kappa shape index (κ2) is 9.63. The van der Waals surface area contributed by atoms with Gasteiger partial charge in [-0.05, 0) is 58.0 Å². The van der Waals surface area contributed by atoms with Crippen molar-refractivity contribution in [2.45, 2.75) is 39.8 Å². The lowest BCUT2D eigenvalue weighted by molar-refractivity contribution is -0.710. The highest BCUT2D eigenvalue weighted by atomic mass is 16.5. The lowest BCUT2D eigenvalue weighted by Crippen LogP contribution is -2.92. The number of ether oxygens (including phenoxy) is 2. The summed E-state index contributed by atoms with van der Waals surface area (Å²) in [6, 6.07) is 12.9. The molecule has 0 saturated carbocycles. The van der Waals surface area contributed by atoms with Crippen molar-refractivity contribution in [2.24, 2.45) is 0 Å². The summed E-state index contributed by atoms with van der Waals surface area (Å²) >= 11 is 0. The van der Waals surface area contributed by atoms with Gasteiger partial charge in [0.15, 0.2) is 17.5 Å². The standard InChI is InChI=1S/C23H29N3O4/c1-5-29-20-12-11-17(13-21(20)30-6-2)15(3)24-16(4)23(28)26-14-22(27)25-18-9-7-8-10-19(18)26/h7-13,15-16,24H,5-6,14H2,1-4H3,(H,25,27)/p+1/t15-,16+/m1/s1. The van der Waals surface area contributed by atoms with E-state index in [0.29, 0.717) is 24.7 Å². The first-order chi connectivity index (χ1) is 14.4. The summed E-state index contributed by atoms with van der Waals surface area (Å²) in [5, 5.41) is 4.82. The highest BCUT2D eigenvalue weighted by molar-refractivity contribution is 6.10. The van der Waals surface area contributed by atoms with E-state index in [0.717, 1.165) is 17.0 Å². The summed E-state index contributed by atoms with van der Waals surface area (Å²) in [5.41, 5.74) is 2.43. The number of nitrogens with two attached hydrogens (primary N) is 1. The predicted molar refractivity (Wildman–Crippen MR) is 116 cm³/mol. The van der Waals surface area contributed by atoms with Crippen molar-refractivity contribution >= 4 is 23.2 Å². The highest BCUT2D eigenvalue weighted by Gasteiger charge is 2.32. The number of fused-ring (bicyclic) bond motifs is 1. The molecule has 0 unspecified atom stereocenters. The number of carbonyl (C=O) groups is 2. The maximum atomic E-state index is 13.2. The average Bonchev–Trinajstić information content (AvgIpc) is 2.74. The number of para-hydroxylation sites is 2. The molecule has 30 heavy (non-hydrogen) atoms. The molecule has 2 aromatic rings. The summed E-state index contributed by atoms with van der Waals surface area (Å²) in [4.78, 5) is 26.8. The topological polar surface area (TPSA) is 84.5 Å². The van der Waals surface area contributed by atoms with E-state index in [1.807, 2.05) is 69.4 Å². The molecule has 0 bridgehead atoms. The molecule has 0 radical (unpaired) electrons. The van der Waals surface area contributed by atoms with Crippen LogP contribution in [0, 0.1) is 0 Å². The van der Waals surface area contributed by atoms with Crippen LogP contribution >= 0.6 is 0 Å². The quantitative estimate of drug-likeness (QED) is 0.698. The third-order valence-corrected chi connectivity index (χ3v) is 5.10. The minimum atomic E-state index is -0.360. The maximum Gasteiger partial charge on any atom is 0.285 e. The third-order valence-electron chi connectivity index (χ3n) is 5.10. The van der Waals surface area contributed by atoms with Crippen LogP contribution in [0.3, 0.4) is 0 Å². The van der Waals surface area contributed by atoms with E-state index >= 15 is 0 Å². The molecule has 0 fully saturated rings. The van der Waals surface area contributed by atoms with Crippen LogP contribution in [0.1, 0.15) is 39.3 Å². The number of hydrogen-bond donors (Lipinski definition) is 2. The van der Waals surface area contributed by atoms with Crippen LogP contribution in [0.15, 0.2) is 42.5 Å². The molecule has 0 aromatic heterocycles. The van der Waals surface area contributed by atoms with Crippen LogP contribution in [0.4, 0.5) is 11.4 Å². The molecule has 0 spiro atoms. The minimum Gasteiger partial charge on any atom is -0.490 e. The smallest absolute Gasteiger partial charge is 0.285 e. The first-order valence-electron chi connectivity index (χ1n) is 10.4. The van der Waals surface area contributed by atoms with E-state index < -0.39 is 0 Å². The molecule has 1 aliphatic rings. The molecule has 7 heteroatoms. The Morgan fingerprint density at radius 2 is 1.80 bits per heavy atom. The minimum absolute atomic E-state index is 0.0210. The number of benzene rings is 2. The van der Waals surface area contributed by atoms with Crippen LogP contribution < -0.4 is 25.0 Å². The van der Waals surface area contributed by atoms with Gasteiger partial charge in [-0.1, -0.05) is 12.1 Å². The predicted octanol–water partition coefficient (Wildman–Crippen LogP) is 2.48. The number of amides is 2. The second-order valence-corrected chi connectivity index (χ2v) is 7.33. The SMILES string of the molecule is CCOc1ccc([C@@H](C)[NH2+][C@@H](C)C(=O)N2CC(=O)Nc3ccccc32)cc1OCC. The maximum absolute atomic E-state index is 13.2. The van der Waals surface area contributed by atoms with Gasteiger partial charge in [0.2, 0.25) is 5.91 Å². The number of nitrogens with zero attached hydrogens (tertiary/aromatic N) is 1. The van der Waals surface area contributed by atoms with E-state index in [1.165, 1.54) is 0 Å². The molecule has 3 rings (SSSR count). The van der Waals surface area contributed by atoms with Crippen LogP contribution in [0.25, 0.3) is 0 Å². The van der Waals surface area contributed by atoms with Gasteiger partial charge >= 0.3 is 0 Å². The monoisotopic (exact) mass is 412 g/mol. The molecule has 1 aliphatic heterocycles. The van der Waals surface area contributed by atoms with Crippen molar-refractivity contribution in [3.8, 4) is 11.5 Å². The first-order valence-corrected chi connectivity index (χ1v) is 10.4. The molecule has 1 heterocycles. The molecule has 160 valence electrons. The Morgan fingerprint density at radius 1 is 1.10 bits per heavy atom. The second-order valence-electron chi connectivity index (χ2n) is 7.33. The van der Waals surface area contributed by atoms with Crippen molar-refractivity contribution in [1.29, 1.82) is 0 Å². The molecule has 7 nitrogen and oxygen atoms in total. The van der Waals surface area contributed by atoms with E-state index in [1.54, 1.807) is 11.0 Å². The highest BCUT2D eigenvalue weighted by Crippen LogP contribution is 2.31. The van der Waals surface area contributed by atoms with Gasteiger partial charge in [-0.15, -0.1) is 0 Å². The van der Waals surface area contributed by atoms with Gasteiger partial charge in [-0.2, -0.15) is 0 Å². The number of rotatable bonds is 8. The molecule has 2 atom stereocenters. The van der Waals surface area contributed by atoms with Gasteiger partial charge in [-0.3, -0.25) is 14.5 Å². The van der Waals surface area contributed by atoms with E-state index in [-0.39, 0.29) is 30.4 Å². The van der Waals surface area contributed by atoms with Gasteiger partial charge in [0.25, 0.3) is 5.91 Å². The van der Waals surface area contributed by atoms with Crippen molar-refractivity contribution in [1.82, 2.24) is 0 Å². The summed E-state index contributed by atoms with van der Waals surface area (Å²) in [5.74, 6) is 1.14. The Balaban J connectivity index is 1.74. The van der Waals surface area contributed by atoms with Crippen molar-refractivity contribution in [3.05, 3.63) is 48.0 Å². The fourth-order valence-electron chi connectivity index (χ4n) is 3.65. The van der Waals surface area contributed by atoms with Gasteiger partial charge in [0.05, 0.1) is 24.6 Å². The molecule has 2 amide bonds. The molecular formula is C23H30N3O4+. The van der Waals surface area contributed by atoms with Crippen LogP contribution in [-0.2, 0) is 9.59 Å². The number of nitrogens with one attached hydrogen (secondary N) is 1. The summed E-state index contributed by atoms with van der Waals surface area (Å²) < 4.78 is 11.4. The molecule has 3 N–H and O–H groups in total. The molecule has 0 saturated heterocycles. The summed E-state index contributed by atoms with van der Waals surface area (Å²) in [6.45, 7) is 8.93. The average molecular weight is 413 g/mol. The van der Waals surface area contributed by atoms with E-state index in [2.05, 4.69) is 5.32 Å². The lowest BCUT2D eigenvalue weighted by atomic mass is 10.1. The normalized spacial score (nSPS) is 15.1. The number of hydrogen-bond acceptors (Lipinski definition) is 4. The molecular weight excluding hydrogens is 382 g/mol. The molecule has 0 aliphatic carbocycles. The number of carbonyl (C=O) groups excluding carboxylic acids is 2. The fraction of sp³-hybridized carbons (Fsp3) is 0.391. The Hall–Kier alpha value is -3.06. The number of quaternary nitrogens is 1. The van der Waals surface area contributed by atoms with Crippen LogP contribution in [0.5, 0.6) is 11.5 Å². The van der Waals surface area contributed by atoms with Gasteiger partial charge in [0, 0.05) is 5.56 Å². The molecule has 2 aromatic carbocycles. The van der Waals surface area contributed by atoms with Gasteiger partial charge < -0.3 is 20.1 Å².